The Morgan fingerprint density at radius 1 is 1.28 bits per heavy atom. The van der Waals surface area contributed by atoms with Gasteiger partial charge in [-0.25, -0.2) is 4.98 Å². The Morgan fingerprint density at radius 3 is 2.83 bits per heavy atom. The van der Waals surface area contributed by atoms with Gasteiger partial charge in [-0.1, -0.05) is 0 Å². The summed E-state index contributed by atoms with van der Waals surface area (Å²) in [5.41, 5.74) is 8.01. The summed E-state index contributed by atoms with van der Waals surface area (Å²) in [6.07, 6.45) is 3.22. The van der Waals surface area contributed by atoms with Crippen LogP contribution in [0.1, 0.15) is 6.92 Å². The minimum absolute atomic E-state index is 0.484. The number of methoxy groups -OCH3 is 1. The van der Waals surface area contributed by atoms with E-state index in [9.17, 15) is 0 Å². The predicted molar refractivity (Wildman–Crippen MR) is 69.6 cm³/mol. The van der Waals surface area contributed by atoms with Gasteiger partial charge in [0.15, 0.2) is 0 Å². The summed E-state index contributed by atoms with van der Waals surface area (Å²) < 4.78 is 10.5. The van der Waals surface area contributed by atoms with Crippen molar-refractivity contribution in [2.75, 3.05) is 19.5 Å². The average Bonchev–Trinajstić information content (AvgIpc) is 2.40. The molecule has 1 aromatic carbocycles. The van der Waals surface area contributed by atoms with Crippen LogP contribution >= 0.6 is 0 Å². The first-order valence-corrected chi connectivity index (χ1v) is 5.63. The van der Waals surface area contributed by atoms with Gasteiger partial charge < -0.3 is 15.2 Å². The maximum atomic E-state index is 5.94. The highest BCUT2D eigenvalue weighted by atomic mass is 16.5. The molecule has 2 N–H and O–H groups in total. The molecule has 0 radical (unpaired) electrons. The summed E-state index contributed by atoms with van der Waals surface area (Å²) in [7, 11) is 1.61. The summed E-state index contributed by atoms with van der Waals surface area (Å²) in [6, 6.07) is 5.41. The highest BCUT2D eigenvalue weighted by Crippen LogP contribution is 2.28. The van der Waals surface area contributed by atoms with Crippen LogP contribution in [0.15, 0.2) is 30.6 Å². The molecule has 0 amide bonds. The van der Waals surface area contributed by atoms with E-state index in [1.54, 1.807) is 31.6 Å². The van der Waals surface area contributed by atoms with Gasteiger partial charge in [0.05, 0.1) is 31.8 Å². The number of anilines is 1. The van der Waals surface area contributed by atoms with Gasteiger partial charge in [-0.15, -0.1) is 0 Å². The molecule has 0 atom stereocenters. The van der Waals surface area contributed by atoms with Crippen molar-refractivity contribution in [3.05, 3.63) is 30.6 Å². The van der Waals surface area contributed by atoms with Gasteiger partial charge in [-0.3, -0.25) is 4.98 Å². The highest BCUT2D eigenvalue weighted by molar-refractivity contribution is 5.74. The molecular formula is C13H15N3O2. The van der Waals surface area contributed by atoms with Crippen LogP contribution in [0.25, 0.3) is 11.3 Å². The standard InChI is InChI=1S/C13H15N3O2/c1-3-18-13-8-15-7-12(16-13)10-6-9(17-2)4-5-11(10)14/h4-8H,3,14H2,1-2H3. The van der Waals surface area contributed by atoms with Crippen molar-refractivity contribution < 1.29 is 9.47 Å². The summed E-state index contributed by atoms with van der Waals surface area (Å²) in [6.45, 7) is 2.44. The topological polar surface area (TPSA) is 70.3 Å². The molecule has 5 nitrogen and oxygen atoms in total. The zero-order valence-corrected chi connectivity index (χ0v) is 10.4. The number of aromatic nitrogens is 2. The highest BCUT2D eigenvalue weighted by Gasteiger charge is 2.08. The fraction of sp³-hybridized carbons (Fsp3) is 0.231. The minimum atomic E-state index is 0.484. The zero-order chi connectivity index (χ0) is 13.0. The molecule has 0 unspecified atom stereocenters. The Labute approximate surface area is 106 Å². The SMILES string of the molecule is CCOc1cncc(-c2cc(OC)ccc2N)n1. The van der Waals surface area contributed by atoms with E-state index in [-0.39, 0.29) is 0 Å². The van der Waals surface area contributed by atoms with Gasteiger partial charge in [0.25, 0.3) is 0 Å². The third kappa shape index (κ3) is 2.51. The van der Waals surface area contributed by atoms with E-state index in [1.165, 1.54) is 0 Å². The van der Waals surface area contributed by atoms with Crippen molar-refractivity contribution >= 4 is 5.69 Å². The van der Waals surface area contributed by atoms with Crippen LogP contribution in [0.4, 0.5) is 5.69 Å². The lowest BCUT2D eigenvalue weighted by atomic mass is 10.1. The molecule has 0 fully saturated rings. The fourth-order valence-electron chi connectivity index (χ4n) is 1.58. The molecule has 0 spiro atoms. The molecule has 94 valence electrons. The molecule has 2 aromatic rings. The lowest BCUT2D eigenvalue weighted by Gasteiger charge is -2.08. The molecule has 0 aliphatic rings. The van der Waals surface area contributed by atoms with Crippen LogP contribution in [-0.4, -0.2) is 23.7 Å². The molecule has 2 rings (SSSR count). The largest absolute Gasteiger partial charge is 0.497 e. The molecule has 0 bridgehead atoms. The van der Waals surface area contributed by atoms with Gasteiger partial charge >= 0.3 is 0 Å². The van der Waals surface area contributed by atoms with Crippen molar-refractivity contribution in [2.24, 2.45) is 0 Å². The summed E-state index contributed by atoms with van der Waals surface area (Å²) in [5.74, 6) is 1.21. The zero-order valence-electron chi connectivity index (χ0n) is 10.4. The minimum Gasteiger partial charge on any atom is -0.497 e. The normalized spacial score (nSPS) is 10.1. The van der Waals surface area contributed by atoms with Crippen molar-refractivity contribution in [1.29, 1.82) is 0 Å². The van der Waals surface area contributed by atoms with Gasteiger partial charge in [0, 0.05) is 11.3 Å². The Balaban J connectivity index is 2.44. The Bertz CT molecular complexity index is 544. The van der Waals surface area contributed by atoms with E-state index in [0.717, 1.165) is 11.3 Å². The lowest BCUT2D eigenvalue weighted by molar-refractivity contribution is 0.325. The fourth-order valence-corrected chi connectivity index (χ4v) is 1.58. The second-order valence-corrected chi connectivity index (χ2v) is 3.63. The maximum absolute atomic E-state index is 5.94. The second-order valence-electron chi connectivity index (χ2n) is 3.63. The van der Waals surface area contributed by atoms with E-state index in [1.807, 2.05) is 13.0 Å². The van der Waals surface area contributed by atoms with Crippen LogP contribution in [-0.2, 0) is 0 Å². The Morgan fingerprint density at radius 2 is 2.11 bits per heavy atom. The number of ether oxygens (including phenoxy) is 2. The molecule has 1 aromatic heterocycles. The number of nitrogens with zero attached hydrogens (tertiary/aromatic N) is 2. The lowest BCUT2D eigenvalue weighted by Crippen LogP contribution is -1.98. The van der Waals surface area contributed by atoms with Crippen LogP contribution < -0.4 is 15.2 Å². The maximum Gasteiger partial charge on any atom is 0.232 e. The molecule has 18 heavy (non-hydrogen) atoms. The third-order valence-electron chi connectivity index (χ3n) is 2.44. The van der Waals surface area contributed by atoms with E-state index in [4.69, 9.17) is 15.2 Å². The van der Waals surface area contributed by atoms with Crippen molar-refractivity contribution in [2.45, 2.75) is 6.92 Å². The first kappa shape index (κ1) is 12.2. The van der Waals surface area contributed by atoms with Crippen molar-refractivity contribution in [3.8, 4) is 22.9 Å². The van der Waals surface area contributed by atoms with Crippen LogP contribution in [0, 0.1) is 0 Å². The summed E-state index contributed by atoms with van der Waals surface area (Å²) >= 11 is 0. The van der Waals surface area contributed by atoms with Crippen LogP contribution in [0.2, 0.25) is 0 Å². The first-order valence-electron chi connectivity index (χ1n) is 5.63. The summed E-state index contributed by atoms with van der Waals surface area (Å²) in [4.78, 5) is 8.44. The van der Waals surface area contributed by atoms with Gasteiger partial charge in [0.2, 0.25) is 5.88 Å². The van der Waals surface area contributed by atoms with E-state index >= 15 is 0 Å². The van der Waals surface area contributed by atoms with Gasteiger partial charge in [-0.05, 0) is 25.1 Å². The third-order valence-corrected chi connectivity index (χ3v) is 2.44. The number of nitrogens with two attached hydrogens (primary N) is 1. The van der Waals surface area contributed by atoms with Crippen LogP contribution in [0.5, 0.6) is 11.6 Å². The second kappa shape index (κ2) is 5.35. The smallest absolute Gasteiger partial charge is 0.232 e. The number of hydrogen-bond acceptors (Lipinski definition) is 5. The van der Waals surface area contributed by atoms with Gasteiger partial charge in [0.1, 0.15) is 5.75 Å². The predicted octanol–water partition coefficient (Wildman–Crippen LogP) is 2.13. The molecule has 1 heterocycles. The summed E-state index contributed by atoms with van der Waals surface area (Å²) in [5, 5.41) is 0. The van der Waals surface area contributed by atoms with E-state index < -0.39 is 0 Å². The number of rotatable bonds is 4. The first-order chi connectivity index (χ1) is 8.74. The monoisotopic (exact) mass is 245 g/mol. The van der Waals surface area contributed by atoms with Gasteiger partial charge in [-0.2, -0.15) is 0 Å². The number of nitrogen functional groups attached to an aromatic ring is 1. The van der Waals surface area contributed by atoms with Crippen molar-refractivity contribution in [1.82, 2.24) is 9.97 Å². The molecule has 0 saturated heterocycles. The molecule has 0 saturated carbocycles. The molecule has 5 heteroatoms. The number of benzene rings is 1. The Hall–Kier alpha value is -2.30. The quantitative estimate of drug-likeness (QED) is 0.835. The van der Waals surface area contributed by atoms with E-state index in [2.05, 4.69) is 9.97 Å². The molecule has 0 aliphatic carbocycles. The Kier molecular flexibility index (Phi) is 3.62. The molecule has 0 aliphatic heterocycles. The van der Waals surface area contributed by atoms with E-state index in [0.29, 0.717) is 23.9 Å². The van der Waals surface area contributed by atoms with Crippen LogP contribution in [0.3, 0.4) is 0 Å². The average molecular weight is 245 g/mol. The molecular weight excluding hydrogens is 230 g/mol. The number of hydrogen-bond donors (Lipinski definition) is 1. The van der Waals surface area contributed by atoms with Crippen molar-refractivity contribution in [3.63, 3.8) is 0 Å².